The molecular formula is C15H25N5. The molecule has 110 valence electrons. The van der Waals surface area contributed by atoms with Crippen LogP contribution >= 0.6 is 0 Å². The van der Waals surface area contributed by atoms with E-state index >= 15 is 0 Å². The molecule has 0 bridgehead atoms. The predicted molar refractivity (Wildman–Crippen MR) is 80.4 cm³/mol. The fourth-order valence-corrected chi connectivity index (χ4v) is 2.37. The van der Waals surface area contributed by atoms with Crippen LogP contribution in [0.3, 0.4) is 0 Å². The summed E-state index contributed by atoms with van der Waals surface area (Å²) < 4.78 is 4.04. The van der Waals surface area contributed by atoms with E-state index in [1.54, 1.807) is 0 Å². The molecule has 1 atom stereocenters. The smallest absolute Gasteiger partial charge is 0.0762 e. The van der Waals surface area contributed by atoms with Gasteiger partial charge in [0.1, 0.15) is 0 Å². The third kappa shape index (κ3) is 3.93. The molecule has 1 N–H and O–H groups in total. The molecule has 2 rings (SSSR count). The summed E-state index contributed by atoms with van der Waals surface area (Å²) in [6, 6.07) is 4.94. The number of nitrogens with zero attached hydrogens (tertiary/aromatic N) is 4. The van der Waals surface area contributed by atoms with Gasteiger partial charge in [-0.3, -0.25) is 9.36 Å². The molecule has 2 aromatic rings. The average Bonchev–Trinajstić information content (AvgIpc) is 3.10. The van der Waals surface area contributed by atoms with E-state index in [1.807, 2.05) is 23.1 Å². The normalized spacial score (nSPS) is 13.0. The molecule has 1 unspecified atom stereocenters. The lowest BCUT2D eigenvalue weighted by Crippen LogP contribution is -2.30. The molecule has 0 fully saturated rings. The first kappa shape index (κ1) is 14.8. The van der Waals surface area contributed by atoms with Crippen molar-refractivity contribution in [1.29, 1.82) is 0 Å². The standard InChI is InChI=1S/C15H25N5/c1-4-15(5-2)20-10-7-14(18-20)11-16-13(3)12-19-9-6-8-17-19/h6-10,13,15-16H,4-5,11-12H2,1-3H3. The van der Waals surface area contributed by atoms with E-state index in [2.05, 4.69) is 53.2 Å². The Balaban J connectivity index is 1.81. The first-order chi connectivity index (χ1) is 9.72. The topological polar surface area (TPSA) is 47.7 Å². The van der Waals surface area contributed by atoms with Crippen LogP contribution in [-0.2, 0) is 13.1 Å². The Morgan fingerprint density at radius 1 is 1.25 bits per heavy atom. The Bertz CT molecular complexity index is 484. The van der Waals surface area contributed by atoms with Gasteiger partial charge >= 0.3 is 0 Å². The van der Waals surface area contributed by atoms with Gasteiger partial charge in [-0.05, 0) is 31.9 Å². The Kier molecular flexibility index (Phi) is 5.35. The third-order valence-corrected chi connectivity index (χ3v) is 3.63. The van der Waals surface area contributed by atoms with Crippen molar-refractivity contribution in [3.63, 3.8) is 0 Å². The molecule has 0 aliphatic carbocycles. The van der Waals surface area contributed by atoms with E-state index in [4.69, 9.17) is 0 Å². The molecule has 2 aromatic heterocycles. The third-order valence-electron chi connectivity index (χ3n) is 3.63. The summed E-state index contributed by atoms with van der Waals surface area (Å²) in [4.78, 5) is 0. The van der Waals surface area contributed by atoms with Gasteiger partial charge in [0.05, 0.1) is 18.3 Å². The van der Waals surface area contributed by atoms with E-state index < -0.39 is 0 Å². The second-order valence-electron chi connectivity index (χ2n) is 5.27. The molecule has 2 heterocycles. The highest BCUT2D eigenvalue weighted by Crippen LogP contribution is 2.14. The minimum Gasteiger partial charge on any atom is -0.307 e. The second-order valence-corrected chi connectivity index (χ2v) is 5.27. The van der Waals surface area contributed by atoms with Crippen LogP contribution in [0.1, 0.15) is 45.3 Å². The van der Waals surface area contributed by atoms with Crippen LogP contribution in [0.4, 0.5) is 0 Å². The quantitative estimate of drug-likeness (QED) is 0.805. The molecule has 0 spiro atoms. The van der Waals surface area contributed by atoms with E-state index in [-0.39, 0.29) is 0 Å². The minimum atomic E-state index is 0.369. The summed E-state index contributed by atoms with van der Waals surface area (Å²) in [5.41, 5.74) is 1.10. The Morgan fingerprint density at radius 3 is 2.70 bits per heavy atom. The molecule has 5 heteroatoms. The van der Waals surface area contributed by atoms with E-state index in [9.17, 15) is 0 Å². The summed E-state index contributed by atoms with van der Waals surface area (Å²) >= 11 is 0. The summed E-state index contributed by atoms with van der Waals surface area (Å²) in [6.45, 7) is 8.26. The van der Waals surface area contributed by atoms with E-state index in [0.29, 0.717) is 12.1 Å². The van der Waals surface area contributed by atoms with Gasteiger partial charge in [-0.25, -0.2) is 0 Å². The fraction of sp³-hybridized carbons (Fsp3) is 0.600. The maximum absolute atomic E-state index is 4.65. The number of hydrogen-bond donors (Lipinski definition) is 1. The van der Waals surface area contributed by atoms with Gasteiger partial charge in [0.15, 0.2) is 0 Å². The molecule has 0 radical (unpaired) electrons. The summed E-state index contributed by atoms with van der Waals surface area (Å²) in [5, 5.41) is 12.4. The highest BCUT2D eigenvalue weighted by atomic mass is 15.3. The lowest BCUT2D eigenvalue weighted by Gasteiger charge is -2.14. The molecule has 0 aliphatic rings. The van der Waals surface area contributed by atoms with Crippen molar-refractivity contribution in [1.82, 2.24) is 24.9 Å². The van der Waals surface area contributed by atoms with Crippen molar-refractivity contribution in [3.05, 3.63) is 36.4 Å². The lowest BCUT2D eigenvalue weighted by atomic mass is 10.2. The second kappa shape index (κ2) is 7.24. The van der Waals surface area contributed by atoms with Crippen molar-refractivity contribution in [3.8, 4) is 0 Å². The maximum Gasteiger partial charge on any atom is 0.0762 e. The van der Waals surface area contributed by atoms with Gasteiger partial charge in [-0.1, -0.05) is 13.8 Å². The molecule has 0 saturated carbocycles. The number of aromatic nitrogens is 4. The van der Waals surface area contributed by atoms with Gasteiger partial charge in [0.2, 0.25) is 0 Å². The molecule has 0 aliphatic heterocycles. The highest BCUT2D eigenvalue weighted by Gasteiger charge is 2.09. The zero-order valence-corrected chi connectivity index (χ0v) is 12.7. The predicted octanol–water partition coefficient (Wildman–Crippen LogP) is 2.62. The summed E-state index contributed by atoms with van der Waals surface area (Å²) in [5.74, 6) is 0. The zero-order valence-electron chi connectivity index (χ0n) is 12.7. The van der Waals surface area contributed by atoms with Crippen molar-refractivity contribution in [2.24, 2.45) is 0 Å². The Hall–Kier alpha value is -1.62. The van der Waals surface area contributed by atoms with Gasteiger partial charge in [0.25, 0.3) is 0 Å². The molecule has 20 heavy (non-hydrogen) atoms. The van der Waals surface area contributed by atoms with Crippen LogP contribution in [0.25, 0.3) is 0 Å². The monoisotopic (exact) mass is 275 g/mol. The largest absolute Gasteiger partial charge is 0.307 e. The molecule has 0 saturated heterocycles. The van der Waals surface area contributed by atoms with Crippen LogP contribution in [-0.4, -0.2) is 25.6 Å². The van der Waals surface area contributed by atoms with Crippen LogP contribution in [0.2, 0.25) is 0 Å². The van der Waals surface area contributed by atoms with Crippen LogP contribution < -0.4 is 5.32 Å². The molecule has 5 nitrogen and oxygen atoms in total. The highest BCUT2D eigenvalue weighted by molar-refractivity contribution is 4.99. The number of rotatable bonds is 8. The minimum absolute atomic E-state index is 0.369. The zero-order chi connectivity index (χ0) is 14.4. The van der Waals surface area contributed by atoms with Gasteiger partial charge in [-0.15, -0.1) is 0 Å². The first-order valence-electron chi connectivity index (χ1n) is 7.47. The Labute approximate surface area is 121 Å². The van der Waals surface area contributed by atoms with Crippen molar-refractivity contribution < 1.29 is 0 Å². The molecule has 0 aromatic carbocycles. The fourth-order valence-electron chi connectivity index (χ4n) is 2.37. The van der Waals surface area contributed by atoms with E-state index in [1.165, 1.54) is 0 Å². The lowest BCUT2D eigenvalue weighted by molar-refractivity contribution is 0.417. The van der Waals surface area contributed by atoms with Crippen molar-refractivity contribution in [2.45, 2.75) is 58.8 Å². The number of hydrogen-bond acceptors (Lipinski definition) is 3. The van der Waals surface area contributed by atoms with Crippen molar-refractivity contribution >= 4 is 0 Å². The first-order valence-corrected chi connectivity index (χ1v) is 7.47. The van der Waals surface area contributed by atoms with Gasteiger partial charge < -0.3 is 5.32 Å². The summed E-state index contributed by atoms with van der Waals surface area (Å²) in [6.07, 6.45) is 8.14. The van der Waals surface area contributed by atoms with Crippen LogP contribution in [0.5, 0.6) is 0 Å². The van der Waals surface area contributed by atoms with E-state index in [0.717, 1.165) is 31.6 Å². The SMILES string of the molecule is CCC(CC)n1ccc(CNC(C)Cn2cccn2)n1. The average molecular weight is 275 g/mol. The van der Waals surface area contributed by atoms with Crippen LogP contribution in [0.15, 0.2) is 30.7 Å². The van der Waals surface area contributed by atoms with Crippen LogP contribution in [0, 0.1) is 0 Å². The Morgan fingerprint density at radius 2 is 2.05 bits per heavy atom. The summed E-state index contributed by atoms with van der Waals surface area (Å²) in [7, 11) is 0. The van der Waals surface area contributed by atoms with Crippen molar-refractivity contribution in [2.75, 3.05) is 0 Å². The number of nitrogens with one attached hydrogen (secondary N) is 1. The molecular weight excluding hydrogens is 250 g/mol. The molecule has 0 amide bonds. The maximum atomic E-state index is 4.65. The van der Waals surface area contributed by atoms with Gasteiger partial charge in [-0.2, -0.15) is 10.2 Å². The van der Waals surface area contributed by atoms with Gasteiger partial charge in [0, 0.05) is 31.2 Å².